The number of aliphatic hydroxyl groups is 1. The number of aromatic hydroxyl groups is 1. The molecule has 3 N–H and O–H groups in total. The predicted octanol–water partition coefficient (Wildman–Crippen LogP) is 2.12. The summed E-state index contributed by atoms with van der Waals surface area (Å²) in [4.78, 5) is 0. The summed E-state index contributed by atoms with van der Waals surface area (Å²) < 4.78 is 5.39. The van der Waals surface area contributed by atoms with Crippen LogP contribution in [0, 0.1) is 6.92 Å². The topological polar surface area (TPSA) is 61.7 Å². The Kier molecular flexibility index (Phi) is 8.02. The molecule has 4 heteroatoms. The van der Waals surface area contributed by atoms with Crippen molar-refractivity contribution in [3.63, 3.8) is 0 Å². The van der Waals surface area contributed by atoms with Crippen LogP contribution in [0.3, 0.4) is 0 Å². The lowest BCUT2D eigenvalue weighted by Crippen LogP contribution is -2.32. The third-order valence-electron chi connectivity index (χ3n) is 2.74. The summed E-state index contributed by atoms with van der Waals surface area (Å²) in [6.07, 6.45) is 3.88. The van der Waals surface area contributed by atoms with Crippen molar-refractivity contribution in [3.8, 4) is 11.5 Å². The molecule has 19 heavy (non-hydrogen) atoms. The third kappa shape index (κ3) is 7.70. The lowest BCUT2D eigenvalue weighted by Gasteiger charge is -2.13. The standard InChI is InChI=1S/C15H24NO3/c1-2-3-4-5-9-16-11-14(18)12-19-15-8-6-7-13(17)10-15/h6-8,10,14,16-18H,1-5,9,11-12H2. The summed E-state index contributed by atoms with van der Waals surface area (Å²) in [6.45, 7) is 5.44. The average Bonchev–Trinajstić information content (AvgIpc) is 2.40. The number of phenolic OH excluding ortho intramolecular Hbond substituents is 1. The van der Waals surface area contributed by atoms with Gasteiger partial charge in [-0.3, -0.25) is 0 Å². The van der Waals surface area contributed by atoms with Gasteiger partial charge in [0.05, 0.1) is 0 Å². The Labute approximate surface area is 115 Å². The molecule has 1 radical (unpaired) electrons. The van der Waals surface area contributed by atoms with E-state index in [1.54, 1.807) is 18.2 Å². The van der Waals surface area contributed by atoms with Crippen LogP contribution >= 0.6 is 0 Å². The van der Waals surface area contributed by atoms with Gasteiger partial charge < -0.3 is 20.3 Å². The summed E-state index contributed by atoms with van der Waals surface area (Å²) in [5, 5.41) is 22.2. The normalized spacial score (nSPS) is 12.3. The molecule has 0 spiro atoms. The van der Waals surface area contributed by atoms with Gasteiger partial charge in [-0.15, -0.1) is 0 Å². The zero-order valence-corrected chi connectivity index (χ0v) is 11.3. The minimum absolute atomic E-state index is 0.163. The lowest BCUT2D eigenvalue weighted by molar-refractivity contribution is 0.106. The number of nitrogens with one attached hydrogen (secondary N) is 1. The molecule has 1 atom stereocenters. The maximum atomic E-state index is 9.72. The van der Waals surface area contributed by atoms with Crippen LogP contribution in [0.25, 0.3) is 0 Å². The predicted molar refractivity (Wildman–Crippen MR) is 76.3 cm³/mol. The Morgan fingerprint density at radius 3 is 2.84 bits per heavy atom. The van der Waals surface area contributed by atoms with Gasteiger partial charge in [0.1, 0.15) is 24.2 Å². The van der Waals surface area contributed by atoms with Crippen LogP contribution in [0.4, 0.5) is 0 Å². The molecule has 1 aromatic rings. The van der Waals surface area contributed by atoms with Crippen LogP contribution in [0.15, 0.2) is 24.3 Å². The molecule has 0 amide bonds. The molecule has 0 aliphatic rings. The van der Waals surface area contributed by atoms with Gasteiger partial charge >= 0.3 is 0 Å². The molecule has 0 aliphatic carbocycles. The van der Waals surface area contributed by atoms with E-state index in [1.165, 1.54) is 12.5 Å². The number of rotatable bonds is 10. The quantitative estimate of drug-likeness (QED) is 0.568. The van der Waals surface area contributed by atoms with Crippen LogP contribution in [-0.4, -0.2) is 36.0 Å². The molecule has 0 heterocycles. The lowest BCUT2D eigenvalue weighted by atomic mass is 10.2. The van der Waals surface area contributed by atoms with Crippen molar-refractivity contribution in [1.82, 2.24) is 5.32 Å². The van der Waals surface area contributed by atoms with Gasteiger partial charge in [0, 0.05) is 12.6 Å². The van der Waals surface area contributed by atoms with Gasteiger partial charge in [0.2, 0.25) is 0 Å². The molecule has 107 valence electrons. The maximum Gasteiger partial charge on any atom is 0.123 e. The van der Waals surface area contributed by atoms with E-state index in [0.717, 1.165) is 25.8 Å². The molecular formula is C15H24NO3. The van der Waals surface area contributed by atoms with Gasteiger partial charge in [-0.1, -0.05) is 32.3 Å². The van der Waals surface area contributed by atoms with E-state index < -0.39 is 6.10 Å². The Hall–Kier alpha value is -1.26. The minimum atomic E-state index is -0.546. The summed E-state index contributed by atoms with van der Waals surface area (Å²) in [6, 6.07) is 6.56. The highest BCUT2D eigenvalue weighted by Gasteiger charge is 2.04. The van der Waals surface area contributed by atoms with Gasteiger partial charge in [-0.05, 0) is 25.1 Å². The number of aliphatic hydroxyl groups excluding tert-OH is 1. The van der Waals surface area contributed by atoms with Crippen LogP contribution in [0.2, 0.25) is 0 Å². The van der Waals surface area contributed by atoms with Gasteiger partial charge in [-0.2, -0.15) is 0 Å². The van der Waals surface area contributed by atoms with Crippen molar-refractivity contribution in [2.45, 2.75) is 31.8 Å². The zero-order valence-electron chi connectivity index (χ0n) is 11.3. The van der Waals surface area contributed by atoms with Gasteiger partial charge in [0.25, 0.3) is 0 Å². The Morgan fingerprint density at radius 1 is 1.26 bits per heavy atom. The molecule has 0 saturated heterocycles. The SMILES string of the molecule is [CH2]CCCCCNCC(O)COc1cccc(O)c1. The second-order valence-electron chi connectivity index (χ2n) is 4.58. The monoisotopic (exact) mass is 266 g/mol. The number of phenols is 1. The van der Waals surface area contributed by atoms with E-state index >= 15 is 0 Å². The Balaban J connectivity index is 2.06. The molecule has 1 aromatic carbocycles. The van der Waals surface area contributed by atoms with Crippen molar-refractivity contribution >= 4 is 0 Å². The van der Waals surface area contributed by atoms with Crippen LogP contribution in [0.1, 0.15) is 25.7 Å². The van der Waals surface area contributed by atoms with Crippen LogP contribution in [0.5, 0.6) is 11.5 Å². The fourth-order valence-corrected chi connectivity index (χ4v) is 1.70. The highest BCUT2D eigenvalue weighted by atomic mass is 16.5. The number of hydrogen-bond acceptors (Lipinski definition) is 4. The minimum Gasteiger partial charge on any atom is -0.508 e. The summed E-state index contributed by atoms with van der Waals surface area (Å²) in [5.41, 5.74) is 0. The van der Waals surface area contributed by atoms with Crippen molar-refractivity contribution < 1.29 is 14.9 Å². The summed E-state index contributed by atoms with van der Waals surface area (Å²) in [5.74, 6) is 0.727. The second kappa shape index (κ2) is 9.64. The van der Waals surface area contributed by atoms with Crippen LogP contribution in [-0.2, 0) is 0 Å². The highest BCUT2D eigenvalue weighted by molar-refractivity contribution is 5.31. The number of ether oxygens (including phenoxy) is 1. The van der Waals surface area contributed by atoms with Crippen molar-refractivity contribution in [3.05, 3.63) is 31.2 Å². The molecule has 0 aromatic heterocycles. The maximum absolute atomic E-state index is 9.72. The second-order valence-corrected chi connectivity index (χ2v) is 4.58. The van der Waals surface area contributed by atoms with Crippen molar-refractivity contribution in [2.24, 2.45) is 0 Å². The van der Waals surface area contributed by atoms with Crippen molar-refractivity contribution in [1.29, 1.82) is 0 Å². The van der Waals surface area contributed by atoms with E-state index in [9.17, 15) is 10.2 Å². The molecule has 0 saturated carbocycles. The van der Waals surface area contributed by atoms with E-state index in [2.05, 4.69) is 12.2 Å². The highest BCUT2D eigenvalue weighted by Crippen LogP contribution is 2.17. The molecule has 0 aliphatic heterocycles. The molecule has 0 bridgehead atoms. The van der Waals surface area contributed by atoms with Crippen molar-refractivity contribution in [2.75, 3.05) is 19.7 Å². The molecule has 4 nitrogen and oxygen atoms in total. The smallest absolute Gasteiger partial charge is 0.123 e. The molecule has 1 unspecified atom stereocenters. The Bertz CT molecular complexity index is 344. The van der Waals surface area contributed by atoms with E-state index in [0.29, 0.717) is 12.3 Å². The van der Waals surface area contributed by atoms with E-state index in [1.807, 2.05) is 0 Å². The molecular weight excluding hydrogens is 242 g/mol. The van der Waals surface area contributed by atoms with E-state index in [-0.39, 0.29) is 12.4 Å². The molecule has 0 fully saturated rings. The Morgan fingerprint density at radius 2 is 2.11 bits per heavy atom. The van der Waals surface area contributed by atoms with Gasteiger partial charge in [0.15, 0.2) is 0 Å². The van der Waals surface area contributed by atoms with Crippen LogP contribution < -0.4 is 10.1 Å². The van der Waals surface area contributed by atoms with Gasteiger partial charge in [-0.25, -0.2) is 0 Å². The number of unbranched alkanes of at least 4 members (excludes halogenated alkanes) is 3. The number of benzene rings is 1. The largest absolute Gasteiger partial charge is 0.508 e. The summed E-state index contributed by atoms with van der Waals surface area (Å²) >= 11 is 0. The molecule has 1 rings (SSSR count). The average molecular weight is 266 g/mol. The van der Waals surface area contributed by atoms with E-state index in [4.69, 9.17) is 4.74 Å². The summed E-state index contributed by atoms with van der Waals surface area (Å²) in [7, 11) is 0. The third-order valence-corrected chi connectivity index (χ3v) is 2.74. The fourth-order valence-electron chi connectivity index (χ4n) is 1.70. The fraction of sp³-hybridized carbons (Fsp3) is 0.533. The number of hydrogen-bond donors (Lipinski definition) is 3. The first-order chi connectivity index (χ1) is 9.22. The first kappa shape index (κ1) is 15.8. The zero-order chi connectivity index (χ0) is 13.9. The first-order valence-corrected chi connectivity index (χ1v) is 6.82. The first-order valence-electron chi connectivity index (χ1n) is 6.82.